The molecule has 2 heterocycles. The zero-order valence-electron chi connectivity index (χ0n) is 9.41. The summed E-state index contributed by atoms with van der Waals surface area (Å²) in [6.07, 6.45) is 2.90. The molecule has 16 heavy (non-hydrogen) atoms. The summed E-state index contributed by atoms with van der Waals surface area (Å²) in [7, 11) is 0. The molecular formula is C12H16BrNOS. The lowest BCUT2D eigenvalue weighted by atomic mass is 10.0. The van der Waals surface area contributed by atoms with E-state index in [4.69, 9.17) is 0 Å². The van der Waals surface area contributed by atoms with Crippen LogP contribution < -0.4 is 0 Å². The van der Waals surface area contributed by atoms with Crippen LogP contribution in [0.3, 0.4) is 0 Å². The van der Waals surface area contributed by atoms with Crippen molar-refractivity contribution < 1.29 is 4.79 Å². The van der Waals surface area contributed by atoms with E-state index in [1.54, 1.807) is 11.3 Å². The van der Waals surface area contributed by atoms with Gasteiger partial charge in [0.25, 0.3) is 0 Å². The summed E-state index contributed by atoms with van der Waals surface area (Å²) in [4.78, 5) is 15.2. The van der Waals surface area contributed by atoms with Crippen LogP contribution in [0, 0.1) is 5.92 Å². The van der Waals surface area contributed by atoms with Crippen LogP contribution in [0.25, 0.3) is 0 Å². The first-order chi connectivity index (χ1) is 7.65. The number of thiophene rings is 1. The second-order valence-corrected chi connectivity index (χ2v) is 7.00. The predicted octanol–water partition coefficient (Wildman–Crippen LogP) is 3.66. The first kappa shape index (κ1) is 12.1. The zero-order chi connectivity index (χ0) is 11.5. The lowest BCUT2D eigenvalue weighted by Crippen LogP contribution is -2.29. The second-order valence-electron chi connectivity index (χ2n) is 4.45. The van der Waals surface area contributed by atoms with E-state index >= 15 is 0 Å². The molecular weight excluding hydrogens is 286 g/mol. The summed E-state index contributed by atoms with van der Waals surface area (Å²) in [5, 5.41) is 0. The van der Waals surface area contributed by atoms with Gasteiger partial charge in [0.2, 0.25) is 5.91 Å². The quantitative estimate of drug-likeness (QED) is 0.816. The van der Waals surface area contributed by atoms with Crippen molar-refractivity contribution in [1.82, 2.24) is 4.90 Å². The van der Waals surface area contributed by atoms with Gasteiger partial charge in [-0.1, -0.05) is 6.92 Å². The molecule has 0 saturated carbocycles. The number of carbonyl (C=O) groups is 1. The summed E-state index contributed by atoms with van der Waals surface area (Å²) >= 11 is 5.17. The van der Waals surface area contributed by atoms with Crippen molar-refractivity contribution in [3.05, 3.63) is 20.8 Å². The molecule has 1 aromatic heterocycles. The number of hydrogen-bond acceptors (Lipinski definition) is 2. The van der Waals surface area contributed by atoms with Crippen LogP contribution >= 0.6 is 27.3 Å². The Labute approximate surface area is 109 Å². The van der Waals surface area contributed by atoms with E-state index in [1.165, 1.54) is 4.88 Å². The molecule has 0 spiro atoms. The van der Waals surface area contributed by atoms with Gasteiger partial charge in [-0.15, -0.1) is 11.3 Å². The topological polar surface area (TPSA) is 20.3 Å². The van der Waals surface area contributed by atoms with Gasteiger partial charge in [-0.2, -0.15) is 0 Å². The lowest BCUT2D eigenvalue weighted by molar-refractivity contribution is -0.131. The highest BCUT2D eigenvalue weighted by atomic mass is 79.9. The van der Waals surface area contributed by atoms with E-state index in [0.29, 0.717) is 18.2 Å². The maximum atomic E-state index is 11.9. The van der Waals surface area contributed by atoms with E-state index in [-0.39, 0.29) is 0 Å². The SMILES string of the molecule is CC1CCC(=O)N(Cc2ccc(Br)s2)CC1. The highest BCUT2D eigenvalue weighted by molar-refractivity contribution is 9.11. The van der Waals surface area contributed by atoms with Crippen LogP contribution in [0.2, 0.25) is 0 Å². The van der Waals surface area contributed by atoms with Crippen molar-refractivity contribution in [2.45, 2.75) is 32.7 Å². The molecule has 2 nitrogen and oxygen atoms in total. The van der Waals surface area contributed by atoms with Crippen molar-refractivity contribution in [2.24, 2.45) is 5.92 Å². The Morgan fingerprint density at radius 1 is 1.50 bits per heavy atom. The third kappa shape index (κ3) is 3.08. The second kappa shape index (κ2) is 5.32. The molecule has 1 fully saturated rings. The first-order valence-corrected chi connectivity index (χ1v) is 7.28. The fourth-order valence-corrected chi connectivity index (χ4v) is 3.46. The summed E-state index contributed by atoms with van der Waals surface area (Å²) in [6, 6.07) is 4.14. The Morgan fingerprint density at radius 2 is 2.31 bits per heavy atom. The summed E-state index contributed by atoms with van der Waals surface area (Å²) in [5.74, 6) is 0.998. The number of carbonyl (C=O) groups excluding carboxylic acids is 1. The molecule has 1 unspecified atom stereocenters. The number of hydrogen-bond donors (Lipinski definition) is 0. The maximum absolute atomic E-state index is 11.9. The molecule has 4 heteroatoms. The molecule has 1 aliphatic rings. The minimum atomic E-state index is 0.314. The molecule has 0 radical (unpaired) electrons. The van der Waals surface area contributed by atoms with Crippen LogP contribution in [-0.2, 0) is 11.3 Å². The minimum Gasteiger partial charge on any atom is -0.338 e. The fraction of sp³-hybridized carbons (Fsp3) is 0.583. The Hall–Kier alpha value is -0.350. The van der Waals surface area contributed by atoms with Crippen LogP contribution in [0.1, 0.15) is 31.1 Å². The van der Waals surface area contributed by atoms with Gasteiger partial charge in [-0.05, 0) is 46.8 Å². The smallest absolute Gasteiger partial charge is 0.222 e. The van der Waals surface area contributed by atoms with Gasteiger partial charge >= 0.3 is 0 Å². The average Bonchev–Trinajstić information content (AvgIpc) is 2.59. The highest BCUT2D eigenvalue weighted by Gasteiger charge is 2.20. The van der Waals surface area contributed by atoms with Crippen molar-refractivity contribution in [1.29, 1.82) is 0 Å². The highest BCUT2D eigenvalue weighted by Crippen LogP contribution is 2.25. The largest absolute Gasteiger partial charge is 0.338 e. The van der Waals surface area contributed by atoms with Crippen molar-refractivity contribution in [3.63, 3.8) is 0 Å². The molecule has 1 saturated heterocycles. The third-order valence-electron chi connectivity index (χ3n) is 3.07. The first-order valence-electron chi connectivity index (χ1n) is 5.67. The molecule has 0 bridgehead atoms. The van der Waals surface area contributed by atoms with Crippen molar-refractivity contribution >= 4 is 33.2 Å². The number of nitrogens with zero attached hydrogens (tertiary/aromatic N) is 1. The van der Waals surface area contributed by atoms with Crippen molar-refractivity contribution in [2.75, 3.05) is 6.54 Å². The average molecular weight is 302 g/mol. The predicted molar refractivity (Wildman–Crippen MR) is 70.5 cm³/mol. The summed E-state index contributed by atoms with van der Waals surface area (Å²) < 4.78 is 1.14. The molecule has 1 amide bonds. The van der Waals surface area contributed by atoms with Crippen molar-refractivity contribution in [3.8, 4) is 0 Å². The number of amides is 1. The van der Waals surface area contributed by atoms with Gasteiger partial charge in [0.1, 0.15) is 0 Å². The van der Waals surface area contributed by atoms with Gasteiger partial charge in [-0.3, -0.25) is 4.79 Å². The van der Waals surface area contributed by atoms with E-state index in [1.807, 2.05) is 11.0 Å². The normalized spacial score (nSPS) is 22.2. The van der Waals surface area contributed by atoms with Crippen LogP contribution in [0.5, 0.6) is 0 Å². The molecule has 88 valence electrons. The number of halogens is 1. The maximum Gasteiger partial charge on any atom is 0.222 e. The van der Waals surface area contributed by atoms with E-state index in [0.717, 1.165) is 29.7 Å². The molecule has 0 aliphatic carbocycles. The van der Waals surface area contributed by atoms with Gasteiger partial charge in [0, 0.05) is 17.8 Å². The van der Waals surface area contributed by atoms with E-state index in [9.17, 15) is 4.79 Å². The van der Waals surface area contributed by atoms with Gasteiger partial charge in [0.05, 0.1) is 10.3 Å². The van der Waals surface area contributed by atoms with Crippen LogP contribution in [-0.4, -0.2) is 17.4 Å². The van der Waals surface area contributed by atoms with Gasteiger partial charge in [-0.25, -0.2) is 0 Å². The summed E-state index contributed by atoms with van der Waals surface area (Å²) in [6.45, 7) is 3.93. The molecule has 1 aliphatic heterocycles. The minimum absolute atomic E-state index is 0.314. The van der Waals surface area contributed by atoms with Gasteiger partial charge < -0.3 is 4.90 Å². The Morgan fingerprint density at radius 3 is 3.00 bits per heavy atom. The molecule has 2 rings (SSSR count). The molecule has 1 atom stereocenters. The standard InChI is InChI=1S/C12H16BrNOS/c1-9-2-5-12(15)14(7-6-9)8-10-3-4-11(13)16-10/h3-4,9H,2,5-8H2,1H3. The van der Waals surface area contributed by atoms with E-state index in [2.05, 4.69) is 28.9 Å². The Kier molecular flexibility index (Phi) is 4.03. The zero-order valence-corrected chi connectivity index (χ0v) is 11.8. The van der Waals surface area contributed by atoms with Crippen LogP contribution in [0.15, 0.2) is 15.9 Å². The molecule has 0 N–H and O–H groups in total. The Bertz CT molecular complexity index is 377. The van der Waals surface area contributed by atoms with Crippen LogP contribution in [0.4, 0.5) is 0 Å². The number of likely N-dealkylation sites (tertiary alicyclic amines) is 1. The molecule has 1 aromatic rings. The summed E-state index contributed by atoms with van der Waals surface area (Å²) in [5.41, 5.74) is 0. The van der Waals surface area contributed by atoms with E-state index < -0.39 is 0 Å². The monoisotopic (exact) mass is 301 g/mol. The third-order valence-corrected chi connectivity index (χ3v) is 4.68. The lowest BCUT2D eigenvalue weighted by Gasteiger charge is -2.19. The Balaban J connectivity index is 2.00. The van der Waals surface area contributed by atoms with Gasteiger partial charge in [0.15, 0.2) is 0 Å². The fourth-order valence-electron chi connectivity index (χ4n) is 1.97. The molecule has 0 aromatic carbocycles. The number of rotatable bonds is 2.